The van der Waals surface area contributed by atoms with Crippen molar-refractivity contribution >= 4 is 5.78 Å². The molecule has 0 aromatic heterocycles. The van der Waals surface area contributed by atoms with E-state index in [0.717, 1.165) is 31.4 Å². The van der Waals surface area contributed by atoms with Crippen LogP contribution in [0.3, 0.4) is 0 Å². The molecular weight excluding hydrogens is 226 g/mol. The quantitative estimate of drug-likeness (QED) is 0.810. The first-order chi connectivity index (χ1) is 8.81. The summed E-state index contributed by atoms with van der Waals surface area (Å²) in [5.74, 6) is 0.181. The molecule has 0 bridgehead atoms. The van der Waals surface area contributed by atoms with Gasteiger partial charge in [-0.1, -0.05) is 36.8 Å². The minimum atomic E-state index is 0.181. The van der Waals surface area contributed by atoms with E-state index in [-0.39, 0.29) is 12.4 Å². The lowest BCUT2D eigenvalue weighted by Gasteiger charge is -2.34. The zero-order chi connectivity index (χ0) is 12.8. The van der Waals surface area contributed by atoms with Gasteiger partial charge in [-0.05, 0) is 25.8 Å². The van der Waals surface area contributed by atoms with Gasteiger partial charge < -0.3 is 5.11 Å². The number of hydrogen-bond acceptors (Lipinski definition) is 3. The molecule has 0 saturated carbocycles. The zero-order valence-electron chi connectivity index (χ0n) is 10.7. The van der Waals surface area contributed by atoms with Crippen LogP contribution in [0, 0.1) is 0 Å². The van der Waals surface area contributed by atoms with Crippen molar-refractivity contribution in [3.8, 4) is 0 Å². The molecule has 3 heteroatoms. The molecule has 1 atom stereocenters. The lowest BCUT2D eigenvalue weighted by Crippen LogP contribution is -2.43. The van der Waals surface area contributed by atoms with Gasteiger partial charge in [-0.15, -0.1) is 0 Å². The van der Waals surface area contributed by atoms with Crippen molar-refractivity contribution in [2.75, 3.05) is 19.7 Å². The Morgan fingerprint density at radius 2 is 2.06 bits per heavy atom. The van der Waals surface area contributed by atoms with Crippen molar-refractivity contribution in [2.24, 2.45) is 0 Å². The lowest BCUT2D eigenvalue weighted by molar-refractivity contribution is 0.0799. The van der Waals surface area contributed by atoms with Crippen LogP contribution in [-0.4, -0.2) is 41.5 Å². The Balaban J connectivity index is 1.96. The van der Waals surface area contributed by atoms with Crippen LogP contribution in [0.1, 0.15) is 36.0 Å². The number of hydrogen-bond donors (Lipinski definition) is 1. The topological polar surface area (TPSA) is 40.5 Å². The van der Waals surface area contributed by atoms with Crippen molar-refractivity contribution in [2.45, 2.75) is 31.7 Å². The molecule has 98 valence electrons. The first-order valence-electron chi connectivity index (χ1n) is 6.74. The molecule has 18 heavy (non-hydrogen) atoms. The highest BCUT2D eigenvalue weighted by atomic mass is 16.3. The molecule has 2 rings (SSSR count). The van der Waals surface area contributed by atoms with E-state index in [9.17, 15) is 4.79 Å². The second-order valence-corrected chi connectivity index (χ2v) is 4.92. The first kappa shape index (κ1) is 13.2. The number of nitrogens with zero attached hydrogens (tertiary/aromatic N) is 1. The van der Waals surface area contributed by atoms with Gasteiger partial charge in [0.25, 0.3) is 0 Å². The van der Waals surface area contributed by atoms with Crippen LogP contribution in [0.5, 0.6) is 0 Å². The molecule has 0 radical (unpaired) electrons. The molecule has 0 aliphatic carbocycles. The van der Waals surface area contributed by atoms with Gasteiger partial charge in [0.15, 0.2) is 5.78 Å². The van der Waals surface area contributed by atoms with Crippen molar-refractivity contribution in [3.05, 3.63) is 35.9 Å². The lowest BCUT2D eigenvalue weighted by atomic mass is 9.98. The molecule has 1 fully saturated rings. The minimum Gasteiger partial charge on any atom is -0.396 e. The van der Waals surface area contributed by atoms with Gasteiger partial charge >= 0.3 is 0 Å². The van der Waals surface area contributed by atoms with E-state index in [1.807, 2.05) is 30.3 Å². The Morgan fingerprint density at radius 1 is 1.28 bits per heavy atom. The Morgan fingerprint density at radius 3 is 2.78 bits per heavy atom. The minimum absolute atomic E-state index is 0.181. The molecule has 1 N–H and O–H groups in total. The van der Waals surface area contributed by atoms with Crippen LogP contribution in [-0.2, 0) is 0 Å². The van der Waals surface area contributed by atoms with Crippen molar-refractivity contribution in [1.29, 1.82) is 0 Å². The van der Waals surface area contributed by atoms with E-state index in [4.69, 9.17) is 5.11 Å². The van der Waals surface area contributed by atoms with Crippen LogP contribution in [0.25, 0.3) is 0 Å². The fraction of sp³-hybridized carbons (Fsp3) is 0.533. The highest BCUT2D eigenvalue weighted by molar-refractivity contribution is 5.97. The van der Waals surface area contributed by atoms with E-state index >= 15 is 0 Å². The van der Waals surface area contributed by atoms with Gasteiger partial charge in [-0.25, -0.2) is 0 Å². The number of Topliss-reactive ketones (excluding diaryl/α,β-unsaturated/α-hetero) is 1. The smallest absolute Gasteiger partial charge is 0.176 e. The normalized spacial score (nSPS) is 20.8. The van der Waals surface area contributed by atoms with E-state index in [1.165, 1.54) is 6.42 Å². The molecule has 1 aliphatic rings. The summed E-state index contributed by atoms with van der Waals surface area (Å²) in [5, 5.41) is 9.08. The average Bonchev–Trinajstić information content (AvgIpc) is 2.42. The van der Waals surface area contributed by atoms with Gasteiger partial charge in [0, 0.05) is 18.2 Å². The van der Waals surface area contributed by atoms with Crippen molar-refractivity contribution in [1.82, 2.24) is 4.90 Å². The second-order valence-electron chi connectivity index (χ2n) is 4.92. The van der Waals surface area contributed by atoms with Crippen molar-refractivity contribution < 1.29 is 9.90 Å². The van der Waals surface area contributed by atoms with E-state index < -0.39 is 0 Å². The molecule has 1 saturated heterocycles. The number of aliphatic hydroxyl groups is 1. The predicted octanol–water partition coefficient (Wildman–Crippen LogP) is 2.11. The third-order valence-corrected chi connectivity index (χ3v) is 3.65. The number of piperidine rings is 1. The Kier molecular flexibility index (Phi) is 4.90. The first-order valence-corrected chi connectivity index (χ1v) is 6.74. The second kappa shape index (κ2) is 6.66. The number of aliphatic hydroxyl groups excluding tert-OH is 1. The number of rotatable bonds is 5. The molecule has 0 spiro atoms. The highest BCUT2D eigenvalue weighted by Crippen LogP contribution is 2.19. The summed E-state index contributed by atoms with van der Waals surface area (Å²) in [6.07, 6.45) is 4.25. The van der Waals surface area contributed by atoms with Gasteiger partial charge in [0.05, 0.1) is 6.54 Å². The number of likely N-dealkylation sites (tertiary alicyclic amines) is 1. The van der Waals surface area contributed by atoms with Gasteiger partial charge in [0.1, 0.15) is 0 Å². The third kappa shape index (κ3) is 3.40. The fourth-order valence-electron chi connectivity index (χ4n) is 2.64. The van der Waals surface area contributed by atoms with Crippen LogP contribution >= 0.6 is 0 Å². The zero-order valence-corrected chi connectivity index (χ0v) is 10.7. The molecule has 1 unspecified atom stereocenters. The summed E-state index contributed by atoms with van der Waals surface area (Å²) in [7, 11) is 0. The van der Waals surface area contributed by atoms with Gasteiger partial charge in [0.2, 0.25) is 0 Å². The Labute approximate surface area is 108 Å². The Hall–Kier alpha value is -1.19. The molecule has 1 aromatic carbocycles. The summed E-state index contributed by atoms with van der Waals surface area (Å²) in [4.78, 5) is 14.4. The SMILES string of the molecule is O=C(CN1CCCCC1CCO)c1ccccc1. The van der Waals surface area contributed by atoms with E-state index in [0.29, 0.717) is 12.6 Å². The highest BCUT2D eigenvalue weighted by Gasteiger charge is 2.23. The van der Waals surface area contributed by atoms with Crippen LogP contribution in [0.15, 0.2) is 30.3 Å². The summed E-state index contributed by atoms with van der Waals surface area (Å²) in [5.41, 5.74) is 0.783. The summed E-state index contributed by atoms with van der Waals surface area (Å²) < 4.78 is 0. The maximum absolute atomic E-state index is 12.2. The molecule has 1 aromatic rings. The largest absolute Gasteiger partial charge is 0.396 e. The number of ketones is 1. The van der Waals surface area contributed by atoms with Crippen LogP contribution in [0.4, 0.5) is 0 Å². The molecule has 0 amide bonds. The number of carbonyl (C=O) groups excluding carboxylic acids is 1. The average molecular weight is 247 g/mol. The predicted molar refractivity (Wildman–Crippen MR) is 71.7 cm³/mol. The number of carbonyl (C=O) groups is 1. The summed E-state index contributed by atoms with van der Waals surface area (Å²) in [6.45, 7) is 1.67. The summed E-state index contributed by atoms with van der Waals surface area (Å²) >= 11 is 0. The fourth-order valence-corrected chi connectivity index (χ4v) is 2.64. The number of benzene rings is 1. The van der Waals surface area contributed by atoms with Crippen molar-refractivity contribution in [3.63, 3.8) is 0 Å². The maximum atomic E-state index is 12.2. The summed E-state index contributed by atoms with van der Waals surface area (Å²) in [6, 6.07) is 9.83. The molecule has 1 aliphatic heterocycles. The van der Waals surface area contributed by atoms with Gasteiger partial charge in [-0.3, -0.25) is 9.69 Å². The molecule has 1 heterocycles. The van der Waals surface area contributed by atoms with Crippen LogP contribution < -0.4 is 0 Å². The monoisotopic (exact) mass is 247 g/mol. The third-order valence-electron chi connectivity index (χ3n) is 3.65. The van der Waals surface area contributed by atoms with Gasteiger partial charge in [-0.2, -0.15) is 0 Å². The van der Waals surface area contributed by atoms with Crippen LogP contribution in [0.2, 0.25) is 0 Å². The maximum Gasteiger partial charge on any atom is 0.176 e. The van der Waals surface area contributed by atoms with E-state index in [2.05, 4.69) is 4.90 Å². The molecule has 3 nitrogen and oxygen atoms in total. The molecular formula is C15H21NO2. The van der Waals surface area contributed by atoms with E-state index in [1.54, 1.807) is 0 Å². The standard InChI is InChI=1S/C15H21NO2/c17-11-9-14-8-4-5-10-16(14)12-15(18)13-6-2-1-3-7-13/h1-3,6-7,14,17H,4-5,8-12H2. The Bertz CT molecular complexity index is 375.